The Morgan fingerprint density at radius 3 is 2.67 bits per heavy atom. The minimum absolute atomic E-state index is 0.835. The van der Waals surface area contributed by atoms with Gasteiger partial charge in [-0.15, -0.1) is 0 Å². The van der Waals surface area contributed by atoms with Crippen LogP contribution in [-0.2, 0) is 6.54 Å². The maximum Gasteiger partial charge on any atom is 0.0685 e. The summed E-state index contributed by atoms with van der Waals surface area (Å²) < 4.78 is 2.03. The number of rotatable bonds is 3. The lowest BCUT2D eigenvalue weighted by Gasteiger charge is -2.05. The summed E-state index contributed by atoms with van der Waals surface area (Å²) in [5, 5.41) is 4.38. The second kappa shape index (κ2) is 4.30. The number of hydrogen-bond donors (Lipinski definition) is 0. The van der Waals surface area contributed by atoms with Crippen LogP contribution in [0.4, 0.5) is 0 Å². The summed E-state index contributed by atoms with van der Waals surface area (Å²) in [7, 11) is 0. The molecule has 0 unspecified atom stereocenters. The molecule has 77 valence electrons. The van der Waals surface area contributed by atoms with Gasteiger partial charge in [-0.1, -0.05) is 37.3 Å². The molecular weight excluding hydrogens is 184 g/mol. The monoisotopic (exact) mass is 199 g/mol. The molecule has 0 aliphatic carbocycles. The van der Waals surface area contributed by atoms with Gasteiger partial charge in [-0.05, 0) is 25.0 Å². The number of nitrogens with zero attached hydrogens (tertiary/aromatic N) is 2. The summed E-state index contributed by atoms with van der Waals surface area (Å²) in [5.41, 5.74) is 3.19. The molecule has 0 aliphatic rings. The van der Waals surface area contributed by atoms with Gasteiger partial charge in [0, 0.05) is 6.54 Å². The van der Waals surface area contributed by atoms with Crippen LogP contribution in [0, 0.1) is 6.92 Å². The van der Waals surface area contributed by atoms with E-state index < -0.39 is 0 Å². The zero-order valence-electron chi connectivity index (χ0n) is 8.98. The molecule has 0 atom stereocenters. The van der Waals surface area contributed by atoms with Crippen LogP contribution in [0.25, 0.3) is 11.3 Å². The highest BCUT2D eigenvalue weighted by molar-refractivity contribution is 5.60. The molecule has 15 heavy (non-hydrogen) atoms. The van der Waals surface area contributed by atoms with Crippen molar-refractivity contribution < 1.29 is 0 Å². The van der Waals surface area contributed by atoms with E-state index in [-0.39, 0.29) is 0 Å². The van der Waals surface area contributed by atoms with Crippen molar-refractivity contribution in [3.8, 4) is 11.3 Å². The van der Waals surface area contributed by atoms with Crippen molar-refractivity contribution in [3.05, 3.63) is 49.0 Å². The predicted octanol–water partition coefficient (Wildman–Crippen LogP) is 3.14. The molecule has 2 nitrogen and oxygen atoms in total. The first kappa shape index (κ1) is 9.97. The second-order valence-corrected chi connectivity index (χ2v) is 3.61. The summed E-state index contributed by atoms with van der Waals surface area (Å²) in [5.74, 6) is 0. The van der Waals surface area contributed by atoms with Gasteiger partial charge < -0.3 is 0 Å². The summed E-state index contributed by atoms with van der Waals surface area (Å²) in [6.07, 6.45) is 1.08. The van der Waals surface area contributed by atoms with Crippen LogP contribution in [0.5, 0.6) is 0 Å². The van der Waals surface area contributed by atoms with Crippen LogP contribution in [-0.4, -0.2) is 9.78 Å². The van der Waals surface area contributed by atoms with Crippen molar-refractivity contribution in [2.45, 2.75) is 19.9 Å². The molecule has 0 spiro atoms. The first-order chi connectivity index (χ1) is 7.31. The number of aryl methyl sites for hydroxylation is 1. The van der Waals surface area contributed by atoms with E-state index in [9.17, 15) is 0 Å². The first-order valence-electron chi connectivity index (χ1n) is 5.26. The smallest absolute Gasteiger partial charge is 0.0685 e. The number of aromatic nitrogens is 2. The largest absolute Gasteiger partial charge is 0.265 e. The van der Waals surface area contributed by atoms with Gasteiger partial charge in [0.1, 0.15) is 0 Å². The topological polar surface area (TPSA) is 17.8 Å². The normalized spacial score (nSPS) is 10.5. The molecule has 1 aromatic heterocycles. The van der Waals surface area contributed by atoms with Crippen LogP contribution in [0.1, 0.15) is 19.0 Å². The molecular formula is C13H15N2. The Balaban J connectivity index is 2.43. The van der Waals surface area contributed by atoms with Crippen LogP contribution >= 0.6 is 0 Å². The molecule has 1 aromatic carbocycles. The highest BCUT2D eigenvalue weighted by atomic mass is 15.3. The van der Waals surface area contributed by atoms with Gasteiger partial charge in [0.15, 0.2) is 0 Å². The lowest BCUT2D eigenvalue weighted by molar-refractivity contribution is 0.606. The van der Waals surface area contributed by atoms with Crippen LogP contribution in [0.3, 0.4) is 0 Å². The van der Waals surface area contributed by atoms with Crippen LogP contribution in [0.2, 0.25) is 0 Å². The van der Waals surface area contributed by atoms with Crippen LogP contribution in [0.15, 0.2) is 36.4 Å². The molecule has 2 rings (SSSR count). The highest BCUT2D eigenvalue weighted by Gasteiger charge is 2.06. The highest BCUT2D eigenvalue weighted by Crippen LogP contribution is 2.20. The van der Waals surface area contributed by atoms with E-state index in [2.05, 4.69) is 31.1 Å². The van der Waals surface area contributed by atoms with Crippen molar-refractivity contribution in [1.82, 2.24) is 9.78 Å². The maximum absolute atomic E-state index is 4.38. The SMILES string of the molecule is [CH2]c1cc(-c2ccccc2)n(CCC)n1. The molecule has 0 saturated carbocycles. The van der Waals surface area contributed by atoms with Crippen molar-refractivity contribution in [2.24, 2.45) is 0 Å². The lowest BCUT2D eigenvalue weighted by Crippen LogP contribution is -2.01. The van der Waals surface area contributed by atoms with E-state index in [1.54, 1.807) is 0 Å². The summed E-state index contributed by atoms with van der Waals surface area (Å²) >= 11 is 0. The zero-order valence-corrected chi connectivity index (χ0v) is 8.98. The molecule has 2 aromatic rings. The Morgan fingerprint density at radius 1 is 1.27 bits per heavy atom. The molecule has 0 bridgehead atoms. The third kappa shape index (κ3) is 2.09. The van der Waals surface area contributed by atoms with Gasteiger partial charge >= 0.3 is 0 Å². The van der Waals surface area contributed by atoms with Gasteiger partial charge in [0.05, 0.1) is 11.4 Å². The Kier molecular flexibility index (Phi) is 2.86. The fourth-order valence-corrected chi connectivity index (χ4v) is 1.69. The summed E-state index contributed by atoms with van der Waals surface area (Å²) in [4.78, 5) is 0. The predicted molar refractivity (Wildman–Crippen MR) is 62.4 cm³/mol. The van der Waals surface area contributed by atoms with Crippen molar-refractivity contribution in [2.75, 3.05) is 0 Å². The van der Waals surface area contributed by atoms with E-state index in [4.69, 9.17) is 0 Å². The minimum Gasteiger partial charge on any atom is -0.265 e. The molecule has 1 heterocycles. The fraction of sp³-hybridized carbons (Fsp3) is 0.231. The van der Waals surface area contributed by atoms with Crippen molar-refractivity contribution in [3.63, 3.8) is 0 Å². The van der Waals surface area contributed by atoms with E-state index in [1.807, 2.05) is 28.9 Å². The molecule has 0 N–H and O–H groups in total. The molecule has 1 radical (unpaired) electrons. The molecule has 0 saturated heterocycles. The Bertz CT molecular complexity index is 429. The van der Waals surface area contributed by atoms with Gasteiger partial charge in [0.25, 0.3) is 0 Å². The number of hydrogen-bond acceptors (Lipinski definition) is 1. The second-order valence-electron chi connectivity index (χ2n) is 3.61. The Morgan fingerprint density at radius 2 is 2.00 bits per heavy atom. The van der Waals surface area contributed by atoms with Crippen molar-refractivity contribution >= 4 is 0 Å². The summed E-state index contributed by atoms with van der Waals surface area (Å²) in [6.45, 7) is 6.97. The standard InChI is InChI=1S/C13H15N2/c1-3-9-15-13(10-11(2)14-15)12-7-5-4-6-8-12/h4-8,10H,2-3,9H2,1H3. The third-order valence-corrected chi connectivity index (χ3v) is 2.34. The van der Waals surface area contributed by atoms with Crippen molar-refractivity contribution in [1.29, 1.82) is 0 Å². The molecule has 0 amide bonds. The summed E-state index contributed by atoms with van der Waals surface area (Å²) in [6, 6.07) is 12.3. The van der Waals surface area contributed by atoms with Gasteiger partial charge in [0.2, 0.25) is 0 Å². The maximum atomic E-state index is 4.38. The Labute approximate surface area is 90.6 Å². The fourth-order valence-electron chi connectivity index (χ4n) is 1.69. The van der Waals surface area contributed by atoms with E-state index in [1.165, 1.54) is 5.56 Å². The molecule has 0 fully saturated rings. The van der Waals surface area contributed by atoms with Gasteiger partial charge in [-0.25, -0.2) is 0 Å². The molecule has 2 heteroatoms. The van der Waals surface area contributed by atoms with E-state index in [0.29, 0.717) is 0 Å². The Hall–Kier alpha value is -1.57. The zero-order chi connectivity index (χ0) is 10.7. The van der Waals surface area contributed by atoms with E-state index >= 15 is 0 Å². The first-order valence-corrected chi connectivity index (χ1v) is 5.26. The minimum atomic E-state index is 0.835. The van der Waals surface area contributed by atoms with Crippen LogP contribution < -0.4 is 0 Å². The average Bonchev–Trinajstić information content (AvgIpc) is 2.62. The van der Waals surface area contributed by atoms with Gasteiger partial charge in [-0.3, -0.25) is 4.68 Å². The average molecular weight is 199 g/mol. The molecule has 0 aliphatic heterocycles. The van der Waals surface area contributed by atoms with E-state index in [0.717, 1.165) is 24.4 Å². The lowest BCUT2D eigenvalue weighted by atomic mass is 10.1. The quantitative estimate of drug-likeness (QED) is 0.742. The third-order valence-electron chi connectivity index (χ3n) is 2.34. The number of benzene rings is 1. The van der Waals surface area contributed by atoms with Gasteiger partial charge in [-0.2, -0.15) is 5.10 Å².